The molecule has 0 amide bonds. The fourth-order valence-corrected chi connectivity index (χ4v) is 8.44. The summed E-state index contributed by atoms with van der Waals surface area (Å²) in [7, 11) is 0. The highest BCUT2D eigenvalue weighted by Gasteiger charge is 2.19. The fraction of sp³-hybridized carbons (Fsp3) is 0.716. The third-order valence-corrected chi connectivity index (χ3v) is 13.0. The van der Waals surface area contributed by atoms with Gasteiger partial charge in [-0.05, 0) is 122 Å². The summed E-state index contributed by atoms with van der Waals surface area (Å²) in [6.45, 7) is 6.48. The highest BCUT2D eigenvalue weighted by molar-refractivity contribution is 5.71. The van der Waals surface area contributed by atoms with Crippen LogP contribution in [0.5, 0.6) is 0 Å². The van der Waals surface area contributed by atoms with Gasteiger partial charge >= 0.3 is 17.9 Å². The summed E-state index contributed by atoms with van der Waals surface area (Å²) in [5, 5.41) is 0. The summed E-state index contributed by atoms with van der Waals surface area (Å²) in [6, 6.07) is 0. The number of hydrogen-bond acceptors (Lipinski definition) is 6. The molecule has 0 aliphatic rings. The second kappa shape index (κ2) is 60.9. The third kappa shape index (κ3) is 59.1. The monoisotopic (exact) mass is 1010 g/mol. The van der Waals surface area contributed by atoms with Gasteiger partial charge in [0.25, 0.3) is 0 Å². The molecule has 0 rings (SSSR count). The van der Waals surface area contributed by atoms with Gasteiger partial charge in [-0.2, -0.15) is 0 Å². The number of carbonyl (C=O) groups is 3. The van der Waals surface area contributed by atoms with Crippen LogP contribution < -0.4 is 0 Å². The molecule has 418 valence electrons. The number of ether oxygens (including phenoxy) is 3. The SMILES string of the molecule is CC/C=C\C/C=C\C/C=C\C/C=C\C/C=C\CCCCCCCCCCCCCC(=O)OCC(COC(=O)CCCCCCC/C=C\CCCCC)OC(=O)CCCCCCC/C=C\C/C=C\CCCCCC. The van der Waals surface area contributed by atoms with E-state index < -0.39 is 6.10 Å². The van der Waals surface area contributed by atoms with Gasteiger partial charge in [-0.15, -0.1) is 0 Å². The van der Waals surface area contributed by atoms with Crippen molar-refractivity contribution >= 4 is 17.9 Å². The molecule has 0 bridgehead atoms. The predicted octanol–water partition coefficient (Wildman–Crippen LogP) is 20.9. The number of carbonyl (C=O) groups excluding carboxylic acids is 3. The Kier molecular flexibility index (Phi) is 57.8. The molecular formula is C67H114O6. The van der Waals surface area contributed by atoms with Crippen molar-refractivity contribution in [3.63, 3.8) is 0 Å². The van der Waals surface area contributed by atoms with Crippen LogP contribution in [-0.2, 0) is 28.6 Å². The summed E-state index contributed by atoms with van der Waals surface area (Å²) in [6.07, 6.45) is 81.2. The number of hydrogen-bond donors (Lipinski definition) is 0. The molecule has 1 atom stereocenters. The number of unbranched alkanes of at least 4 members (excludes halogenated alkanes) is 28. The number of rotatable bonds is 55. The van der Waals surface area contributed by atoms with E-state index >= 15 is 0 Å². The van der Waals surface area contributed by atoms with Crippen molar-refractivity contribution < 1.29 is 28.6 Å². The van der Waals surface area contributed by atoms with Gasteiger partial charge in [0.05, 0.1) is 0 Å². The second-order valence-corrected chi connectivity index (χ2v) is 20.2. The van der Waals surface area contributed by atoms with Crippen LogP contribution in [0.2, 0.25) is 0 Å². The van der Waals surface area contributed by atoms with Gasteiger partial charge in [-0.3, -0.25) is 14.4 Å². The average Bonchev–Trinajstić information content (AvgIpc) is 3.39. The van der Waals surface area contributed by atoms with Crippen molar-refractivity contribution in [2.24, 2.45) is 0 Å². The van der Waals surface area contributed by atoms with Crippen LogP contribution >= 0.6 is 0 Å². The van der Waals surface area contributed by atoms with Crippen LogP contribution in [0.1, 0.15) is 290 Å². The summed E-state index contributed by atoms with van der Waals surface area (Å²) in [5.74, 6) is -0.907. The zero-order chi connectivity index (χ0) is 52.9. The Morgan fingerprint density at radius 1 is 0.288 bits per heavy atom. The maximum absolute atomic E-state index is 12.9. The zero-order valence-corrected chi connectivity index (χ0v) is 47.9. The van der Waals surface area contributed by atoms with Crippen molar-refractivity contribution in [2.45, 2.75) is 297 Å². The first-order valence-corrected chi connectivity index (χ1v) is 30.7. The standard InChI is InChI=1S/C67H114O6/c1-4-7-10-13-16-19-22-25-27-29-30-31-32-33-34-35-36-37-38-39-41-42-45-48-51-54-57-60-66(69)72-63-64(62-71-65(68)59-56-53-50-47-44-24-21-18-15-12-9-6-3)73-67(70)61-58-55-52-49-46-43-40-28-26-23-20-17-14-11-8-5-2/h7,10,16,18-21,23,25,27-28,30-31,33-34,40,64H,4-6,8-9,11-15,17,22,24,26,29,32,35-39,41-63H2,1-3H3/b10-7-,19-16-,21-18-,23-20-,27-25-,31-30-,34-33-,40-28-. The Labute approximate surface area is 451 Å². The first kappa shape index (κ1) is 69.3. The van der Waals surface area contributed by atoms with Gasteiger partial charge < -0.3 is 14.2 Å². The number of esters is 3. The lowest BCUT2D eigenvalue weighted by atomic mass is 10.0. The minimum absolute atomic E-state index is 0.0868. The fourth-order valence-electron chi connectivity index (χ4n) is 8.44. The van der Waals surface area contributed by atoms with E-state index in [1.807, 2.05) is 0 Å². The first-order valence-electron chi connectivity index (χ1n) is 30.7. The molecule has 0 saturated carbocycles. The Bertz CT molecular complexity index is 1440. The van der Waals surface area contributed by atoms with Crippen LogP contribution in [0, 0.1) is 0 Å². The molecule has 0 fully saturated rings. The summed E-state index contributed by atoms with van der Waals surface area (Å²) in [4.78, 5) is 38.2. The molecule has 0 aromatic carbocycles. The molecule has 0 aromatic rings. The van der Waals surface area contributed by atoms with Crippen molar-refractivity contribution in [1.29, 1.82) is 0 Å². The molecule has 6 nitrogen and oxygen atoms in total. The Morgan fingerprint density at radius 3 is 0.877 bits per heavy atom. The highest BCUT2D eigenvalue weighted by Crippen LogP contribution is 2.15. The maximum atomic E-state index is 12.9. The lowest BCUT2D eigenvalue weighted by Crippen LogP contribution is -2.30. The second-order valence-electron chi connectivity index (χ2n) is 20.2. The summed E-state index contributed by atoms with van der Waals surface area (Å²) < 4.78 is 16.9. The molecule has 1 unspecified atom stereocenters. The van der Waals surface area contributed by atoms with Crippen molar-refractivity contribution in [2.75, 3.05) is 13.2 Å². The molecule has 6 heteroatoms. The van der Waals surface area contributed by atoms with Crippen molar-refractivity contribution in [1.82, 2.24) is 0 Å². The van der Waals surface area contributed by atoms with Crippen molar-refractivity contribution in [3.05, 3.63) is 97.2 Å². The van der Waals surface area contributed by atoms with Gasteiger partial charge in [0, 0.05) is 19.3 Å². The average molecular weight is 1020 g/mol. The summed E-state index contributed by atoms with van der Waals surface area (Å²) in [5.41, 5.74) is 0. The normalized spacial score (nSPS) is 12.8. The van der Waals surface area contributed by atoms with E-state index in [4.69, 9.17) is 14.2 Å². The van der Waals surface area contributed by atoms with E-state index in [1.54, 1.807) is 0 Å². The highest BCUT2D eigenvalue weighted by atomic mass is 16.6. The number of allylic oxidation sites excluding steroid dienone is 16. The smallest absolute Gasteiger partial charge is 0.306 e. The van der Waals surface area contributed by atoms with E-state index in [-0.39, 0.29) is 31.1 Å². The van der Waals surface area contributed by atoms with Gasteiger partial charge in [-0.25, -0.2) is 0 Å². The van der Waals surface area contributed by atoms with E-state index in [9.17, 15) is 14.4 Å². The minimum Gasteiger partial charge on any atom is -0.462 e. The van der Waals surface area contributed by atoms with Crippen LogP contribution in [0.15, 0.2) is 97.2 Å². The van der Waals surface area contributed by atoms with Gasteiger partial charge in [0.2, 0.25) is 0 Å². The predicted molar refractivity (Wildman–Crippen MR) is 316 cm³/mol. The maximum Gasteiger partial charge on any atom is 0.306 e. The molecule has 73 heavy (non-hydrogen) atoms. The van der Waals surface area contributed by atoms with E-state index in [0.717, 1.165) is 122 Å². The lowest BCUT2D eigenvalue weighted by Gasteiger charge is -2.18. The van der Waals surface area contributed by atoms with Crippen molar-refractivity contribution in [3.8, 4) is 0 Å². The molecule has 0 aliphatic heterocycles. The molecule has 0 spiro atoms. The topological polar surface area (TPSA) is 78.9 Å². The molecule has 0 aromatic heterocycles. The minimum atomic E-state index is -0.790. The van der Waals surface area contributed by atoms with E-state index in [2.05, 4.69) is 118 Å². The van der Waals surface area contributed by atoms with Gasteiger partial charge in [0.1, 0.15) is 13.2 Å². The van der Waals surface area contributed by atoms with Crippen LogP contribution in [0.3, 0.4) is 0 Å². The van der Waals surface area contributed by atoms with Crippen LogP contribution in [0.25, 0.3) is 0 Å². The first-order chi connectivity index (χ1) is 36.0. The lowest BCUT2D eigenvalue weighted by molar-refractivity contribution is -0.167. The summed E-state index contributed by atoms with van der Waals surface area (Å²) >= 11 is 0. The van der Waals surface area contributed by atoms with Crippen LogP contribution in [-0.4, -0.2) is 37.2 Å². The molecular weight excluding hydrogens is 901 g/mol. The molecule has 0 aliphatic carbocycles. The molecule has 0 radical (unpaired) electrons. The van der Waals surface area contributed by atoms with Crippen LogP contribution in [0.4, 0.5) is 0 Å². The largest absolute Gasteiger partial charge is 0.462 e. The van der Waals surface area contributed by atoms with Gasteiger partial charge in [-0.1, -0.05) is 246 Å². The molecule has 0 N–H and O–H groups in total. The Hall–Kier alpha value is -3.67. The molecule has 0 heterocycles. The van der Waals surface area contributed by atoms with Gasteiger partial charge in [0.15, 0.2) is 6.10 Å². The Morgan fingerprint density at radius 2 is 0.534 bits per heavy atom. The third-order valence-electron chi connectivity index (χ3n) is 13.0. The van der Waals surface area contributed by atoms with E-state index in [0.29, 0.717) is 19.3 Å². The Balaban J connectivity index is 4.29. The zero-order valence-electron chi connectivity index (χ0n) is 47.9. The quantitative estimate of drug-likeness (QED) is 0.0261. The molecule has 0 saturated heterocycles. The van der Waals surface area contributed by atoms with E-state index in [1.165, 1.54) is 128 Å².